The quantitative estimate of drug-likeness (QED) is 0.635. The Bertz CT molecular complexity index is 464. The fourth-order valence-corrected chi connectivity index (χ4v) is 1.82. The van der Waals surface area contributed by atoms with Crippen LogP contribution in [0.1, 0.15) is 18.1 Å². The first-order valence-corrected chi connectivity index (χ1v) is 6.20. The molecule has 0 saturated carbocycles. The van der Waals surface area contributed by atoms with Crippen LogP contribution in [0.4, 0.5) is 5.69 Å². The molecule has 1 fully saturated rings. The molecule has 1 aliphatic rings. The van der Waals surface area contributed by atoms with Crippen molar-refractivity contribution in [2.24, 2.45) is 16.1 Å². The van der Waals surface area contributed by atoms with Crippen LogP contribution in [-0.2, 0) is 4.74 Å². The maximum Gasteiger partial charge on any atom is 0.193 e. The van der Waals surface area contributed by atoms with E-state index >= 15 is 0 Å². The number of aliphatic imine (C=N–C) groups is 1. The highest BCUT2D eigenvalue weighted by molar-refractivity contribution is 5.92. The predicted molar refractivity (Wildman–Crippen MR) is 75.0 cm³/mol. The van der Waals surface area contributed by atoms with Crippen molar-refractivity contribution in [3.63, 3.8) is 0 Å². The summed E-state index contributed by atoms with van der Waals surface area (Å²) in [6, 6.07) is 6.16. The van der Waals surface area contributed by atoms with Crippen LogP contribution in [0, 0.1) is 19.3 Å². The number of rotatable bonds is 3. The van der Waals surface area contributed by atoms with Crippen molar-refractivity contribution in [3.8, 4) is 0 Å². The van der Waals surface area contributed by atoms with Gasteiger partial charge >= 0.3 is 0 Å². The van der Waals surface area contributed by atoms with Crippen LogP contribution in [0.5, 0.6) is 0 Å². The lowest BCUT2D eigenvalue weighted by Gasteiger charge is -2.36. The lowest BCUT2D eigenvalue weighted by molar-refractivity contribution is -0.0944. The monoisotopic (exact) mass is 247 g/mol. The fourth-order valence-electron chi connectivity index (χ4n) is 1.82. The van der Waals surface area contributed by atoms with Gasteiger partial charge in [0.25, 0.3) is 0 Å². The molecule has 0 spiro atoms. The molecular weight excluding hydrogens is 226 g/mol. The molecule has 0 unspecified atom stereocenters. The third kappa shape index (κ3) is 3.01. The number of hydrogen-bond acceptors (Lipinski definition) is 2. The molecule has 4 nitrogen and oxygen atoms in total. The highest BCUT2D eigenvalue weighted by Gasteiger charge is 2.32. The number of ether oxygens (including phenoxy) is 1. The van der Waals surface area contributed by atoms with E-state index < -0.39 is 0 Å². The summed E-state index contributed by atoms with van der Waals surface area (Å²) < 4.78 is 5.19. The van der Waals surface area contributed by atoms with E-state index in [0.29, 0.717) is 12.5 Å². The van der Waals surface area contributed by atoms with E-state index in [-0.39, 0.29) is 5.41 Å². The zero-order valence-corrected chi connectivity index (χ0v) is 11.3. The molecule has 3 N–H and O–H groups in total. The van der Waals surface area contributed by atoms with Gasteiger partial charge in [-0.05, 0) is 37.1 Å². The van der Waals surface area contributed by atoms with Gasteiger partial charge in [0.05, 0.1) is 19.8 Å². The summed E-state index contributed by atoms with van der Waals surface area (Å²) in [5.74, 6) is 0.464. The summed E-state index contributed by atoms with van der Waals surface area (Å²) >= 11 is 0. The maximum absolute atomic E-state index is 5.88. The lowest BCUT2D eigenvalue weighted by atomic mass is 9.89. The fraction of sp³-hybridized carbons (Fsp3) is 0.500. The first-order chi connectivity index (χ1) is 8.48. The van der Waals surface area contributed by atoms with Gasteiger partial charge in [-0.3, -0.25) is 4.99 Å². The molecule has 18 heavy (non-hydrogen) atoms. The van der Waals surface area contributed by atoms with E-state index in [4.69, 9.17) is 10.5 Å². The van der Waals surface area contributed by atoms with Crippen LogP contribution in [0.15, 0.2) is 23.2 Å². The third-order valence-corrected chi connectivity index (χ3v) is 3.31. The smallest absolute Gasteiger partial charge is 0.193 e. The van der Waals surface area contributed by atoms with Gasteiger partial charge < -0.3 is 15.8 Å². The number of anilines is 1. The third-order valence-electron chi connectivity index (χ3n) is 3.31. The van der Waals surface area contributed by atoms with Gasteiger partial charge in [0.15, 0.2) is 5.96 Å². The van der Waals surface area contributed by atoms with Crippen molar-refractivity contribution < 1.29 is 4.74 Å². The molecular formula is C14H21N3O. The minimum Gasteiger partial charge on any atom is -0.380 e. The molecule has 2 rings (SSSR count). The van der Waals surface area contributed by atoms with E-state index in [1.807, 2.05) is 6.07 Å². The maximum atomic E-state index is 5.88. The van der Waals surface area contributed by atoms with E-state index in [1.54, 1.807) is 0 Å². The van der Waals surface area contributed by atoms with Gasteiger partial charge in [-0.25, -0.2) is 0 Å². The van der Waals surface area contributed by atoms with Gasteiger partial charge in [-0.2, -0.15) is 0 Å². The van der Waals surface area contributed by atoms with Crippen molar-refractivity contribution in [1.82, 2.24) is 0 Å². The standard InChI is InChI=1S/C14H21N3O/c1-10-4-5-12(6-11(10)2)17-13(15)16-7-14(3)8-18-9-14/h4-6H,7-9H2,1-3H3,(H3,15,16,17). The second kappa shape index (κ2) is 4.98. The lowest BCUT2D eigenvalue weighted by Crippen LogP contribution is -2.43. The topological polar surface area (TPSA) is 59.6 Å². The highest BCUT2D eigenvalue weighted by atomic mass is 16.5. The number of guanidine groups is 1. The van der Waals surface area contributed by atoms with Crippen LogP contribution >= 0.6 is 0 Å². The number of hydrogen-bond donors (Lipinski definition) is 2. The molecule has 0 radical (unpaired) electrons. The SMILES string of the molecule is Cc1ccc(NC(N)=NCC2(C)COC2)cc1C. The average Bonchev–Trinajstić information content (AvgIpc) is 2.29. The van der Waals surface area contributed by atoms with Gasteiger partial charge in [-0.1, -0.05) is 13.0 Å². The predicted octanol–water partition coefficient (Wildman–Crippen LogP) is 2.07. The van der Waals surface area contributed by atoms with Crippen LogP contribution in [0.3, 0.4) is 0 Å². The molecule has 0 bridgehead atoms. The van der Waals surface area contributed by atoms with Crippen LogP contribution in [0.2, 0.25) is 0 Å². The number of nitrogens with one attached hydrogen (secondary N) is 1. The van der Waals surface area contributed by atoms with Crippen molar-refractivity contribution >= 4 is 11.6 Å². The Kier molecular flexibility index (Phi) is 3.57. The van der Waals surface area contributed by atoms with E-state index in [0.717, 1.165) is 18.9 Å². The molecule has 1 aromatic carbocycles. The molecule has 0 atom stereocenters. The van der Waals surface area contributed by atoms with Crippen LogP contribution in [0.25, 0.3) is 0 Å². The number of benzene rings is 1. The Morgan fingerprint density at radius 2 is 2.11 bits per heavy atom. The molecule has 0 aromatic heterocycles. The summed E-state index contributed by atoms with van der Waals surface area (Å²) in [5, 5.41) is 3.12. The molecule has 0 amide bonds. The van der Waals surface area contributed by atoms with Gasteiger partial charge in [0.2, 0.25) is 0 Å². The van der Waals surface area contributed by atoms with Gasteiger partial charge in [0, 0.05) is 11.1 Å². The summed E-state index contributed by atoms with van der Waals surface area (Å²) in [5.41, 5.74) is 9.54. The van der Waals surface area contributed by atoms with Crippen molar-refractivity contribution in [1.29, 1.82) is 0 Å². The van der Waals surface area contributed by atoms with E-state index in [2.05, 4.69) is 43.2 Å². The average molecular weight is 247 g/mol. The largest absolute Gasteiger partial charge is 0.380 e. The minimum atomic E-state index is 0.162. The van der Waals surface area contributed by atoms with E-state index in [9.17, 15) is 0 Å². The second-order valence-electron chi connectivity index (χ2n) is 5.43. The van der Waals surface area contributed by atoms with Gasteiger partial charge in [-0.15, -0.1) is 0 Å². The molecule has 1 heterocycles. The van der Waals surface area contributed by atoms with Crippen molar-refractivity contribution in [2.45, 2.75) is 20.8 Å². The molecule has 1 saturated heterocycles. The van der Waals surface area contributed by atoms with Crippen molar-refractivity contribution in [2.75, 3.05) is 25.1 Å². The number of nitrogens with zero attached hydrogens (tertiary/aromatic N) is 1. The molecule has 1 aromatic rings. The zero-order valence-electron chi connectivity index (χ0n) is 11.3. The highest BCUT2D eigenvalue weighted by Crippen LogP contribution is 2.26. The summed E-state index contributed by atoms with van der Waals surface area (Å²) in [6.07, 6.45) is 0. The normalized spacial score (nSPS) is 18.3. The number of aryl methyl sites for hydroxylation is 2. The Morgan fingerprint density at radius 3 is 2.67 bits per heavy atom. The van der Waals surface area contributed by atoms with Crippen LogP contribution in [-0.4, -0.2) is 25.7 Å². The minimum absolute atomic E-state index is 0.162. The Hall–Kier alpha value is -1.55. The Balaban J connectivity index is 1.95. The first-order valence-electron chi connectivity index (χ1n) is 6.20. The number of nitrogens with two attached hydrogens (primary N) is 1. The molecule has 98 valence electrons. The zero-order chi connectivity index (χ0) is 13.2. The van der Waals surface area contributed by atoms with E-state index in [1.165, 1.54) is 11.1 Å². The van der Waals surface area contributed by atoms with Gasteiger partial charge in [0.1, 0.15) is 0 Å². The summed E-state index contributed by atoms with van der Waals surface area (Å²) in [6.45, 7) is 8.58. The summed E-state index contributed by atoms with van der Waals surface area (Å²) in [4.78, 5) is 4.37. The Labute approximate surface area is 108 Å². The second-order valence-corrected chi connectivity index (χ2v) is 5.43. The molecule has 1 aliphatic heterocycles. The summed E-state index contributed by atoms with van der Waals surface area (Å²) in [7, 11) is 0. The molecule has 0 aliphatic carbocycles. The molecule has 4 heteroatoms. The Morgan fingerprint density at radius 1 is 1.39 bits per heavy atom. The first kappa shape index (κ1) is 12.9. The van der Waals surface area contributed by atoms with Crippen molar-refractivity contribution in [3.05, 3.63) is 29.3 Å². The van der Waals surface area contributed by atoms with Crippen LogP contribution < -0.4 is 11.1 Å².